The third kappa shape index (κ3) is 0.794. The van der Waals surface area contributed by atoms with Crippen LogP contribution in [0.5, 0.6) is 0 Å². The number of fused-ring (bicyclic) bond motifs is 1. The average molecular weight is 159 g/mol. The molecule has 0 bridgehead atoms. The largest absolute Gasteiger partial charge is 0.231 e. The van der Waals surface area contributed by atoms with E-state index < -0.39 is 0 Å². The molecule has 0 aromatic carbocycles. The molecule has 0 radical (unpaired) electrons. The third-order valence-corrected chi connectivity index (χ3v) is 2.15. The van der Waals surface area contributed by atoms with Crippen molar-refractivity contribution < 1.29 is 0 Å². The van der Waals surface area contributed by atoms with E-state index in [2.05, 4.69) is 21.8 Å². The zero-order valence-corrected chi connectivity index (χ0v) is 7.13. The first-order chi connectivity index (χ1) is 5.70. The predicted octanol–water partition coefficient (Wildman–Crippen LogP) is 0.0758. The van der Waals surface area contributed by atoms with E-state index in [9.17, 15) is 0 Å². The molecule has 3 nitrogen and oxygen atoms in total. The van der Waals surface area contributed by atoms with Gasteiger partial charge in [-0.2, -0.15) is 5.10 Å². The van der Waals surface area contributed by atoms with Crippen LogP contribution < -0.4 is 10.7 Å². The van der Waals surface area contributed by atoms with Gasteiger partial charge in [-0.05, 0) is 24.6 Å². The summed E-state index contributed by atoms with van der Waals surface area (Å²) in [5.74, 6) is 0. The van der Waals surface area contributed by atoms with Crippen LogP contribution in [0, 0.1) is 13.8 Å². The first-order valence-electron chi connectivity index (χ1n) is 3.77. The van der Waals surface area contributed by atoms with E-state index in [1.54, 1.807) is 6.21 Å². The van der Waals surface area contributed by atoms with Crippen molar-refractivity contribution in [3.05, 3.63) is 27.5 Å². The summed E-state index contributed by atoms with van der Waals surface area (Å²) in [6.07, 6.45) is 1.73. The zero-order valence-electron chi connectivity index (χ0n) is 7.13. The highest BCUT2D eigenvalue weighted by Gasteiger charge is 2.07. The van der Waals surface area contributed by atoms with Crippen molar-refractivity contribution in [2.75, 3.05) is 0 Å². The van der Waals surface area contributed by atoms with Crippen LogP contribution in [0.2, 0.25) is 0 Å². The van der Waals surface area contributed by atoms with Crippen molar-refractivity contribution in [2.45, 2.75) is 13.8 Å². The number of pyridine rings is 1. The molecule has 0 saturated heterocycles. The van der Waals surface area contributed by atoms with E-state index >= 15 is 0 Å². The molecule has 0 atom stereocenters. The Morgan fingerprint density at radius 1 is 1.33 bits per heavy atom. The van der Waals surface area contributed by atoms with Crippen LogP contribution in [0.4, 0.5) is 0 Å². The van der Waals surface area contributed by atoms with E-state index in [-0.39, 0.29) is 0 Å². The highest BCUT2D eigenvalue weighted by Crippen LogP contribution is 1.97. The molecule has 1 aromatic heterocycles. The summed E-state index contributed by atoms with van der Waals surface area (Å²) in [4.78, 5) is 4.26. The van der Waals surface area contributed by atoms with Gasteiger partial charge in [-0.3, -0.25) is 0 Å². The zero-order chi connectivity index (χ0) is 8.72. The fourth-order valence-corrected chi connectivity index (χ4v) is 1.26. The summed E-state index contributed by atoms with van der Waals surface area (Å²) >= 11 is 0. The van der Waals surface area contributed by atoms with Crippen LogP contribution in [0.15, 0.2) is 10.2 Å². The lowest BCUT2D eigenvalue weighted by atomic mass is 10.1. The lowest BCUT2D eigenvalue weighted by molar-refractivity contribution is 1.02. The number of rotatable bonds is 0. The number of aromatic nitrogens is 1. The van der Waals surface area contributed by atoms with Gasteiger partial charge >= 0.3 is 0 Å². The summed E-state index contributed by atoms with van der Waals surface area (Å²) in [5.41, 5.74) is 3.78. The minimum Gasteiger partial charge on any atom is -0.231 e. The molecule has 12 heavy (non-hydrogen) atoms. The van der Waals surface area contributed by atoms with Crippen molar-refractivity contribution >= 4 is 12.8 Å². The van der Waals surface area contributed by atoms with E-state index in [1.807, 2.05) is 13.8 Å². The van der Waals surface area contributed by atoms with Crippen LogP contribution in [-0.4, -0.2) is 11.2 Å². The van der Waals surface area contributed by atoms with Gasteiger partial charge in [0, 0.05) is 11.3 Å². The Bertz CT molecular complexity index is 472. The fourth-order valence-electron chi connectivity index (χ4n) is 1.26. The molecule has 0 saturated carbocycles. The molecule has 1 aliphatic rings. The maximum absolute atomic E-state index is 4.26. The second-order valence-electron chi connectivity index (χ2n) is 2.88. The summed E-state index contributed by atoms with van der Waals surface area (Å²) in [5, 5.41) is 8.68. The van der Waals surface area contributed by atoms with Gasteiger partial charge < -0.3 is 0 Å². The van der Waals surface area contributed by atoms with E-state index in [0.717, 1.165) is 27.5 Å². The average Bonchev–Trinajstić information content (AvgIpc) is 2.48. The summed E-state index contributed by atoms with van der Waals surface area (Å²) in [6, 6.07) is 0. The van der Waals surface area contributed by atoms with Crippen LogP contribution in [0.3, 0.4) is 0 Å². The predicted molar refractivity (Wildman–Crippen MR) is 47.6 cm³/mol. The molecule has 0 spiro atoms. The molecule has 2 rings (SSSR count). The fraction of sp³-hybridized carbons (Fsp3) is 0.222. The number of hydrogen-bond donors (Lipinski definition) is 0. The highest BCUT2D eigenvalue weighted by atomic mass is 15.2. The quantitative estimate of drug-likeness (QED) is 0.528. The van der Waals surface area contributed by atoms with Gasteiger partial charge in [-0.15, -0.1) is 5.10 Å². The van der Waals surface area contributed by atoms with Crippen molar-refractivity contribution in [3.63, 3.8) is 0 Å². The Kier molecular flexibility index (Phi) is 1.33. The Labute approximate surface area is 70.2 Å². The van der Waals surface area contributed by atoms with Gasteiger partial charge in [-0.25, -0.2) is 4.98 Å². The monoisotopic (exact) mass is 159 g/mol. The van der Waals surface area contributed by atoms with E-state index in [0.29, 0.717) is 0 Å². The molecule has 0 unspecified atom stereocenters. The lowest BCUT2D eigenvalue weighted by Crippen LogP contribution is -2.24. The molecule has 0 N–H and O–H groups in total. The lowest BCUT2D eigenvalue weighted by Gasteiger charge is -1.99. The third-order valence-electron chi connectivity index (χ3n) is 2.15. The SMILES string of the molecule is C=c1c(C)nc2c(c1C)C=NN=2. The first kappa shape index (κ1) is 7.16. The van der Waals surface area contributed by atoms with Gasteiger partial charge in [0.25, 0.3) is 0 Å². The molecule has 0 aliphatic carbocycles. The summed E-state index contributed by atoms with van der Waals surface area (Å²) in [6.45, 7) is 7.88. The molecule has 3 heteroatoms. The normalized spacial score (nSPS) is 12.8. The molecule has 0 amide bonds. The molecular weight excluding hydrogens is 150 g/mol. The molecule has 0 fully saturated rings. The van der Waals surface area contributed by atoms with Crippen LogP contribution in [0.1, 0.15) is 16.8 Å². The van der Waals surface area contributed by atoms with Gasteiger partial charge in [0.2, 0.25) is 0 Å². The first-order valence-corrected chi connectivity index (χ1v) is 3.77. The molecule has 60 valence electrons. The molecular formula is C9H9N3. The van der Waals surface area contributed by atoms with Crippen LogP contribution in [-0.2, 0) is 0 Å². The second kappa shape index (κ2) is 2.24. The van der Waals surface area contributed by atoms with Crippen LogP contribution in [0.25, 0.3) is 6.58 Å². The van der Waals surface area contributed by atoms with Crippen molar-refractivity contribution in [1.82, 2.24) is 4.98 Å². The van der Waals surface area contributed by atoms with Gasteiger partial charge in [0.15, 0.2) is 5.49 Å². The summed E-state index contributed by atoms with van der Waals surface area (Å²) in [7, 11) is 0. The van der Waals surface area contributed by atoms with Gasteiger partial charge in [0.1, 0.15) is 0 Å². The molecule has 1 aliphatic heterocycles. The molecule has 1 aromatic rings. The van der Waals surface area contributed by atoms with Crippen molar-refractivity contribution in [3.8, 4) is 0 Å². The topological polar surface area (TPSA) is 37.6 Å². The Hall–Kier alpha value is -1.51. The van der Waals surface area contributed by atoms with Gasteiger partial charge in [0.05, 0.1) is 6.21 Å². The molecule has 2 heterocycles. The van der Waals surface area contributed by atoms with Gasteiger partial charge in [-0.1, -0.05) is 6.58 Å². The number of aryl methyl sites for hydroxylation is 1. The second-order valence-corrected chi connectivity index (χ2v) is 2.88. The van der Waals surface area contributed by atoms with Crippen molar-refractivity contribution in [2.24, 2.45) is 10.2 Å². The highest BCUT2D eigenvalue weighted by molar-refractivity contribution is 5.82. The minimum absolute atomic E-state index is 0.720. The maximum atomic E-state index is 4.26. The van der Waals surface area contributed by atoms with E-state index in [4.69, 9.17) is 0 Å². The standard InChI is InChI=1S/C9H9N3/c1-5-6(2)8-4-10-12-9(8)11-7(5)3/h4H,1H2,2-3H3. The Morgan fingerprint density at radius 3 is 2.83 bits per heavy atom. The Morgan fingerprint density at radius 2 is 2.08 bits per heavy atom. The smallest absolute Gasteiger partial charge is 0.183 e. The number of hydrogen-bond acceptors (Lipinski definition) is 3. The number of nitrogens with zero attached hydrogens (tertiary/aromatic N) is 3. The Balaban J connectivity index is 2.97. The minimum atomic E-state index is 0.720. The summed E-state index contributed by atoms with van der Waals surface area (Å²) < 4.78 is 0. The maximum Gasteiger partial charge on any atom is 0.183 e. The van der Waals surface area contributed by atoms with Crippen molar-refractivity contribution in [1.29, 1.82) is 0 Å². The van der Waals surface area contributed by atoms with E-state index in [1.165, 1.54) is 0 Å². The van der Waals surface area contributed by atoms with Crippen LogP contribution >= 0.6 is 0 Å².